The second kappa shape index (κ2) is 8.25. The van der Waals surface area contributed by atoms with Gasteiger partial charge in [0.1, 0.15) is 16.2 Å². The van der Waals surface area contributed by atoms with Gasteiger partial charge in [0.25, 0.3) is 0 Å². The number of pyridine rings is 1. The lowest BCUT2D eigenvalue weighted by Crippen LogP contribution is -2.44. The molecule has 2 fully saturated rings. The van der Waals surface area contributed by atoms with E-state index in [0.717, 1.165) is 10.9 Å². The van der Waals surface area contributed by atoms with E-state index in [1.54, 1.807) is 6.92 Å². The Balaban J connectivity index is 1.74. The van der Waals surface area contributed by atoms with E-state index >= 15 is 0 Å². The number of hydrogen-bond donors (Lipinski definition) is 1. The van der Waals surface area contributed by atoms with Crippen LogP contribution in [0.4, 0.5) is 5.82 Å². The summed E-state index contributed by atoms with van der Waals surface area (Å²) in [7, 11) is -3.32. The van der Waals surface area contributed by atoms with Crippen molar-refractivity contribution < 1.29 is 17.9 Å². The molecule has 2 aliphatic heterocycles. The minimum Gasteiger partial charge on any atom is -0.478 e. The van der Waals surface area contributed by atoms with Crippen LogP contribution in [0.25, 0.3) is 22.4 Å². The first-order valence-electron chi connectivity index (χ1n) is 11.4. The van der Waals surface area contributed by atoms with Gasteiger partial charge in [0.15, 0.2) is 15.7 Å². The minimum absolute atomic E-state index is 0.117. The third-order valence-electron chi connectivity index (χ3n) is 6.71. The zero-order valence-corrected chi connectivity index (χ0v) is 20.0. The molecular weight excluding hydrogens is 442 g/mol. The van der Waals surface area contributed by atoms with Crippen LogP contribution in [-0.2, 0) is 19.3 Å². The van der Waals surface area contributed by atoms with Gasteiger partial charge in [-0.05, 0) is 39.7 Å². The Morgan fingerprint density at radius 1 is 1.30 bits per heavy atom. The molecule has 0 amide bonds. The Bertz CT molecular complexity index is 1290. The second-order valence-corrected chi connectivity index (χ2v) is 11.4. The molecule has 0 spiro atoms. The van der Waals surface area contributed by atoms with Crippen LogP contribution in [0.3, 0.4) is 0 Å². The predicted octanol–water partition coefficient (Wildman–Crippen LogP) is 3.07. The van der Waals surface area contributed by atoms with Crippen molar-refractivity contribution in [3.8, 4) is 17.3 Å². The summed E-state index contributed by atoms with van der Waals surface area (Å²) in [6.07, 6.45) is 2.99. The number of aromatic amines is 1. The lowest BCUT2D eigenvalue weighted by Gasteiger charge is -2.35. The third-order valence-corrected chi connectivity index (χ3v) is 9.32. The quantitative estimate of drug-likeness (QED) is 0.605. The third kappa shape index (κ3) is 3.74. The molecule has 0 radical (unpaired) electrons. The van der Waals surface area contributed by atoms with Crippen molar-refractivity contribution in [3.05, 3.63) is 30.1 Å². The highest BCUT2D eigenvalue weighted by Crippen LogP contribution is 2.42. The van der Waals surface area contributed by atoms with Crippen molar-refractivity contribution in [2.45, 2.75) is 44.4 Å². The van der Waals surface area contributed by atoms with Gasteiger partial charge in [0.05, 0.1) is 37.3 Å². The molecule has 33 heavy (non-hydrogen) atoms. The number of rotatable bonds is 5. The number of fused-ring (bicyclic) bond motifs is 1. The standard InChI is InChI=1S/C23H29N5O4S/c1-4-32-20-12-17(16-6-8-24-21(16)27-20)22-25-18(23(3)7-5-11-33(23,29)30)13-19(26-22)28-9-10-31-14-15(28)2/h6,8,12-13,15H,4-5,7,9-11,14H2,1-3H3,(H,24,27)/t15-,23+/m1/s1. The summed E-state index contributed by atoms with van der Waals surface area (Å²) in [6, 6.07) is 5.73. The maximum absolute atomic E-state index is 13.1. The molecule has 0 unspecified atom stereocenters. The normalized spacial score (nSPS) is 24.9. The molecule has 0 saturated carbocycles. The van der Waals surface area contributed by atoms with Gasteiger partial charge < -0.3 is 19.4 Å². The maximum atomic E-state index is 13.1. The fraction of sp³-hybridized carbons (Fsp3) is 0.522. The van der Waals surface area contributed by atoms with Gasteiger partial charge in [-0.3, -0.25) is 0 Å². The molecule has 2 atom stereocenters. The van der Waals surface area contributed by atoms with Gasteiger partial charge in [-0.15, -0.1) is 0 Å². The summed E-state index contributed by atoms with van der Waals surface area (Å²) in [5, 5.41) is 0.857. The topological polar surface area (TPSA) is 110 Å². The molecule has 9 nitrogen and oxygen atoms in total. The molecule has 3 aromatic heterocycles. The fourth-order valence-corrected chi connectivity index (χ4v) is 6.58. The van der Waals surface area contributed by atoms with Gasteiger partial charge in [0, 0.05) is 35.8 Å². The average molecular weight is 472 g/mol. The summed E-state index contributed by atoms with van der Waals surface area (Å²) in [5.41, 5.74) is 1.97. The molecule has 2 aliphatic rings. The van der Waals surface area contributed by atoms with Crippen molar-refractivity contribution in [1.29, 1.82) is 0 Å². The Morgan fingerprint density at radius 3 is 2.88 bits per heavy atom. The number of aromatic nitrogens is 4. The number of morpholine rings is 1. The number of H-pyrrole nitrogens is 1. The zero-order valence-electron chi connectivity index (χ0n) is 19.2. The van der Waals surface area contributed by atoms with Gasteiger partial charge in [0.2, 0.25) is 5.88 Å². The average Bonchev–Trinajstić information content (AvgIpc) is 3.37. The smallest absolute Gasteiger partial charge is 0.215 e. The molecule has 0 aliphatic carbocycles. The molecule has 5 heterocycles. The molecule has 3 aromatic rings. The van der Waals surface area contributed by atoms with Crippen LogP contribution in [0.2, 0.25) is 0 Å². The molecule has 1 N–H and O–H groups in total. The SMILES string of the molecule is CCOc1cc(-c2nc(N3CCOC[C@H]3C)cc([C@]3(C)CCCS3(=O)=O)n2)c2cc[nH]c2n1. The van der Waals surface area contributed by atoms with E-state index in [1.807, 2.05) is 31.3 Å². The van der Waals surface area contributed by atoms with Crippen LogP contribution < -0.4 is 9.64 Å². The minimum atomic E-state index is -3.32. The summed E-state index contributed by atoms with van der Waals surface area (Å²) in [4.78, 5) is 19.6. The molecule has 176 valence electrons. The summed E-state index contributed by atoms with van der Waals surface area (Å²) in [5.74, 6) is 1.83. The van der Waals surface area contributed by atoms with Crippen molar-refractivity contribution in [3.63, 3.8) is 0 Å². The highest BCUT2D eigenvalue weighted by molar-refractivity contribution is 7.92. The van der Waals surface area contributed by atoms with Crippen molar-refractivity contribution in [2.24, 2.45) is 0 Å². The Hall–Kier alpha value is -2.72. The van der Waals surface area contributed by atoms with Crippen LogP contribution in [0.1, 0.15) is 39.3 Å². The van der Waals surface area contributed by atoms with Gasteiger partial charge in [-0.1, -0.05) is 0 Å². The molecule has 2 saturated heterocycles. The van der Waals surface area contributed by atoms with Crippen LogP contribution in [0, 0.1) is 0 Å². The van der Waals surface area contributed by atoms with E-state index in [1.165, 1.54) is 0 Å². The van der Waals surface area contributed by atoms with Crippen molar-refractivity contribution in [2.75, 3.05) is 37.0 Å². The Labute approximate surface area is 193 Å². The number of hydrogen-bond acceptors (Lipinski definition) is 8. The summed E-state index contributed by atoms with van der Waals surface area (Å²) in [6.45, 7) is 8.13. The highest BCUT2D eigenvalue weighted by Gasteiger charge is 2.47. The second-order valence-electron chi connectivity index (χ2n) is 8.89. The van der Waals surface area contributed by atoms with E-state index in [-0.39, 0.29) is 11.8 Å². The van der Waals surface area contributed by atoms with Crippen LogP contribution in [0.5, 0.6) is 5.88 Å². The summed E-state index contributed by atoms with van der Waals surface area (Å²) < 4.78 is 36.4. The number of sulfone groups is 1. The van der Waals surface area contributed by atoms with Crippen LogP contribution in [0.15, 0.2) is 24.4 Å². The van der Waals surface area contributed by atoms with Gasteiger partial charge in [-0.25, -0.2) is 18.4 Å². The molecular formula is C23H29N5O4S. The maximum Gasteiger partial charge on any atom is 0.215 e. The number of anilines is 1. The lowest BCUT2D eigenvalue weighted by molar-refractivity contribution is 0.0985. The zero-order chi connectivity index (χ0) is 23.2. The van der Waals surface area contributed by atoms with E-state index in [4.69, 9.17) is 19.4 Å². The first-order chi connectivity index (χ1) is 15.8. The number of nitrogens with zero attached hydrogens (tertiary/aromatic N) is 4. The predicted molar refractivity (Wildman–Crippen MR) is 126 cm³/mol. The van der Waals surface area contributed by atoms with E-state index in [9.17, 15) is 8.42 Å². The first kappa shape index (κ1) is 22.1. The molecule has 10 heteroatoms. The molecule has 5 rings (SSSR count). The van der Waals surface area contributed by atoms with Crippen molar-refractivity contribution >= 4 is 26.7 Å². The highest BCUT2D eigenvalue weighted by atomic mass is 32.2. The molecule has 0 bridgehead atoms. The number of nitrogens with one attached hydrogen (secondary N) is 1. The number of ether oxygens (including phenoxy) is 2. The van der Waals surface area contributed by atoms with Crippen LogP contribution in [-0.4, -0.2) is 66.5 Å². The monoisotopic (exact) mass is 471 g/mol. The van der Waals surface area contributed by atoms with Crippen molar-refractivity contribution in [1.82, 2.24) is 19.9 Å². The fourth-order valence-electron chi connectivity index (χ4n) is 4.73. The Morgan fingerprint density at radius 2 is 2.15 bits per heavy atom. The largest absolute Gasteiger partial charge is 0.478 e. The van der Waals surface area contributed by atoms with E-state index in [2.05, 4.69) is 21.8 Å². The van der Waals surface area contributed by atoms with Crippen LogP contribution >= 0.6 is 0 Å². The lowest BCUT2D eigenvalue weighted by atomic mass is 10.0. The molecule has 0 aromatic carbocycles. The Kier molecular flexibility index (Phi) is 5.52. The van der Waals surface area contributed by atoms with E-state index < -0.39 is 14.6 Å². The van der Waals surface area contributed by atoms with Gasteiger partial charge >= 0.3 is 0 Å². The summed E-state index contributed by atoms with van der Waals surface area (Å²) >= 11 is 0. The first-order valence-corrected chi connectivity index (χ1v) is 13.0. The van der Waals surface area contributed by atoms with E-state index in [0.29, 0.717) is 68.1 Å². The van der Waals surface area contributed by atoms with Gasteiger partial charge in [-0.2, -0.15) is 4.98 Å².